The first kappa shape index (κ1) is 13.3. The zero-order valence-corrected chi connectivity index (χ0v) is 9.26. The molecule has 1 heterocycles. The van der Waals surface area contributed by atoms with E-state index in [0.717, 1.165) is 12.8 Å². The fourth-order valence-electron chi connectivity index (χ4n) is 1.89. The van der Waals surface area contributed by atoms with E-state index in [1.54, 1.807) is 6.92 Å². The summed E-state index contributed by atoms with van der Waals surface area (Å²) in [7, 11) is 0. The SMILES string of the molecule is CC1CCCN(CC(CN)C(F)(F)F)C1=O. The Labute approximate surface area is 92.8 Å². The number of rotatable bonds is 3. The summed E-state index contributed by atoms with van der Waals surface area (Å²) >= 11 is 0. The van der Waals surface area contributed by atoms with Crippen LogP contribution in [0.1, 0.15) is 19.8 Å². The Morgan fingerprint density at radius 3 is 2.69 bits per heavy atom. The quantitative estimate of drug-likeness (QED) is 0.807. The van der Waals surface area contributed by atoms with E-state index in [1.165, 1.54) is 4.90 Å². The van der Waals surface area contributed by atoms with Gasteiger partial charge >= 0.3 is 6.18 Å². The lowest BCUT2D eigenvalue weighted by molar-refractivity contribution is -0.179. The number of piperidine rings is 1. The molecule has 1 rings (SSSR count). The molecule has 2 N–H and O–H groups in total. The van der Waals surface area contributed by atoms with Crippen molar-refractivity contribution in [1.29, 1.82) is 0 Å². The van der Waals surface area contributed by atoms with E-state index in [1.807, 2.05) is 0 Å². The summed E-state index contributed by atoms with van der Waals surface area (Å²) in [5.41, 5.74) is 5.10. The van der Waals surface area contributed by atoms with Gasteiger partial charge in [-0.15, -0.1) is 0 Å². The van der Waals surface area contributed by atoms with Crippen LogP contribution in [0.25, 0.3) is 0 Å². The fraction of sp³-hybridized carbons (Fsp3) is 0.900. The summed E-state index contributed by atoms with van der Waals surface area (Å²) in [6.45, 7) is 1.39. The molecule has 16 heavy (non-hydrogen) atoms. The van der Waals surface area contributed by atoms with Gasteiger partial charge in [-0.1, -0.05) is 6.92 Å². The highest BCUT2D eigenvalue weighted by molar-refractivity contribution is 5.79. The van der Waals surface area contributed by atoms with Crippen molar-refractivity contribution in [2.75, 3.05) is 19.6 Å². The van der Waals surface area contributed by atoms with Crippen LogP contribution in [-0.4, -0.2) is 36.6 Å². The zero-order chi connectivity index (χ0) is 12.3. The van der Waals surface area contributed by atoms with Crippen molar-refractivity contribution in [2.45, 2.75) is 25.9 Å². The third kappa shape index (κ3) is 3.10. The first-order chi connectivity index (χ1) is 7.36. The van der Waals surface area contributed by atoms with Crippen molar-refractivity contribution in [3.63, 3.8) is 0 Å². The van der Waals surface area contributed by atoms with E-state index in [-0.39, 0.29) is 18.4 Å². The summed E-state index contributed by atoms with van der Waals surface area (Å²) in [6, 6.07) is 0. The van der Waals surface area contributed by atoms with E-state index < -0.39 is 18.6 Å². The second kappa shape index (κ2) is 5.03. The number of carbonyl (C=O) groups is 1. The van der Waals surface area contributed by atoms with Gasteiger partial charge in [0.05, 0.1) is 5.92 Å². The van der Waals surface area contributed by atoms with Gasteiger partial charge in [0.15, 0.2) is 0 Å². The third-order valence-electron chi connectivity index (χ3n) is 2.99. The maximum Gasteiger partial charge on any atom is 0.394 e. The minimum absolute atomic E-state index is 0.166. The first-order valence-corrected chi connectivity index (χ1v) is 5.41. The Bertz CT molecular complexity index is 255. The molecule has 0 aromatic heterocycles. The van der Waals surface area contributed by atoms with Crippen molar-refractivity contribution < 1.29 is 18.0 Å². The van der Waals surface area contributed by atoms with Crippen molar-refractivity contribution in [3.8, 4) is 0 Å². The molecule has 94 valence electrons. The minimum Gasteiger partial charge on any atom is -0.342 e. The number of halogens is 3. The number of nitrogens with two attached hydrogens (primary N) is 1. The van der Waals surface area contributed by atoms with Gasteiger partial charge < -0.3 is 10.6 Å². The number of amides is 1. The number of nitrogens with zero attached hydrogens (tertiary/aromatic N) is 1. The lowest BCUT2D eigenvalue weighted by Crippen LogP contribution is -2.47. The van der Waals surface area contributed by atoms with Gasteiger partial charge in [-0.2, -0.15) is 13.2 Å². The van der Waals surface area contributed by atoms with E-state index in [9.17, 15) is 18.0 Å². The molecule has 2 atom stereocenters. The van der Waals surface area contributed by atoms with Crippen LogP contribution >= 0.6 is 0 Å². The molecule has 0 saturated carbocycles. The topological polar surface area (TPSA) is 46.3 Å². The van der Waals surface area contributed by atoms with Crippen molar-refractivity contribution in [3.05, 3.63) is 0 Å². The Morgan fingerprint density at radius 2 is 2.19 bits per heavy atom. The Hall–Kier alpha value is -0.780. The van der Waals surface area contributed by atoms with Crippen molar-refractivity contribution in [2.24, 2.45) is 17.6 Å². The molecule has 1 fully saturated rings. The second-order valence-electron chi connectivity index (χ2n) is 4.30. The van der Waals surface area contributed by atoms with Crippen LogP contribution in [0.4, 0.5) is 13.2 Å². The maximum atomic E-state index is 12.5. The molecule has 6 heteroatoms. The minimum atomic E-state index is -4.32. The van der Waals surface area contributed by atoms with Gasteiger partial charge in [-0.3, -0.25) is 4.79 Å². The van der Waals surface area contributed by atoms with Gasteiger partial charge in [0.1, 0.15) is 0 Å². The molecular weight excluding hydrogens is 221 g/mol. The van der Waals surface area contributed by atoms with Gasteiger partial charge in [0.25, 0.3) is 0 Å². The smallest absolute Gasteiger partial charge is 0.342 e. The van der Waals surface area contributed by atoms with Crippen LogP contribution in [0.5, 0.6) is 0 Å². The molecule has 0 spiro atoms. The molecular formula is C10H17F3N2O. The molecule has 1 amide bonds. The van der Waals surface area contributed by atoms with E-state index in [4.69, 9.17) is 5.73 Å². The van der Waals surface area contributed by atoms with E-state index in [0.29, 0.717) is 6.54 Å². The lowest BCUT2D eigenvalue weighted by Gasteiger charge is -2.33. The zero-order valence-electron chi connectivity index (χ0n) is 9.26. The Morgan fingerprint density at radius 1 is 1.56 bits per heavy atom. The van der Waals surface area contributed by atoms with Crippen LogP contribution in [0, 0.1) is 11.8 Å². The Kier molecular flexibility index (Phi) is 4.18. The van der Waals surface area contributed by atoms with Crippen LogP contribution in [0.15, 0.2) is 0 Å². The predicted molar refractivity (Wildman–Crippen MR) is 53.6 cm³/mol. The summed E-state index contributed by atoms with van der Waals surface area (Å²) in [5, 5.41) is 0. The van der Waals surface area contributed by atoms with Gasteiger partial charge in [-0.05, 0) is 12.8 Å². The highest BCUT2D eigenvalue weighted by Crippen LogP contribution is 2.28. The monoisotopic (exact) mass is 238 g/mol. The van der Waals surface area contributed by atoms with Crippen LogP contribution in [0.3, 0.4) is 0 Å². The summed E-state index contributed by atoms with van der Waals surface area (Å²) < 4.78 is 37.4. The molecule has 0 bridgehead atoms. The molecule has 1 aliphatic rings. The largest absolute Gasteiger partial charge is 0.394 e. The Balaban J connectivity index is 2.61. The van der Waals surface area contributed by atoms with Crippen LogP contribution in [0.2, 0.25) is 0 Å². The highest BCUT2D eigenvalue weighted by atomic mass is 19.4. The van der Waals surface area contributed by atoms with Crippen molar-refractivity contribution in [1.82, 2.24) is 4.90 Å². The number of likely N-dealkylation sites (tertiary alicyclic amines) is 1. The normalized spacial score (nSPS) is 24.7. The first-order valence-electron chi connectivity index (χ1n) is 5.41. The van der Waals surface area contributed by atoms with Crippen LogP contribution in [-0.2, 0) is 4.79 Å². The number of hydrogen-bond donors (Lipinski definition) is 1. The lowest BCUT2D eigenvalue weighted by atomic mass is 9.97. The van der Waals surface area contributed by atoms with E-state index >= 15 is 0 Å². The van der Waals surface area contributed by atoms with Crippen LogP contribution < -0.4 is 5.73 Å². The molecule has 1 aliphatic heterocycles. The summed E-state index contributed by atoms with van der Waals surface area (Å²) in [6.07, 6.45) is -2.80. The predicted octanol–water partition coefficient (Wildman–Crippen LogP) is 1.38. The molecule has 0 aromatic carbocycles. The average molecular weight is 238 g/mol. The summed E-state index contributed by atoms with van der Waals surface area (Å²) in [5.74, 6) is -1.96. The highest BCUT2D eigenvalue weighted by Gasteiger charge is 2.41. The second-order valence-corrected chi connectivity index (χ2v) is 4.30. The fourth-order valence-corrected chi connectivity index (χ4v) is 1.89. The molecule has 0 aliphatic carbocycles. The standard InChI is InChI=1S/C10H17F3N2O/c1-7-3-2-4-15(9(7)16)6-8(5-14)10(11,12)13/h7-8H,2-6,14H2,1H3. The molecule has 0 aromatic rings. The number of hydrogen-bond acceptors (Lipinski definition) is 2. The van der Waals surface area contributed by atoms with Gasteiger partial charge in [0, 0.05) is 25.6 Å². The summed E-state index contributed by atoms with van der Waals surface area (Å²) in [4.78, 5) is 12.9. The number of carbonyl (C=O) groups excluding carboxylic acids is 1. The third-order valence-corrected chi connectivity index (χ3v) is 2.99. The average Bonchev–Trinajstić information content (AvgIpc) is 2.18. The van der Waals surface area contributed by atoms with Gasteiger partial charge in [0.2, 0.25) is 5.91 Å². The maximum absolute atomic E-state index is 12.5. The van der Waals surface area contributed by atoms with Crippen molar-refractivity contribution >= 4 is 5.91 Å². The van der Waals surface area contributed by atoms with E-state index in [2.05, 4.69) is 0 Å². The molecule has 0 radical (unpaired) electrons. The molecule has 2 unspecified atom stereocenters. The molecule has 3 nitrogen and oxygen atoms in total. The number of alkyl halides is 3. The molecule has 1 saturated heterocycles. The van der Waals surface area contributed by atoms with Gasteiger partial charge in [-0.25, -0.2) is 0 Å².